The molecule has 0 bridgehead atoms. The van der Waals surface area contributed by atoms with Gasteiger partial charge in [0.05, 0.1) is 0 Å². The number of nitrogens with zero attached hydrogens (tertiary/aromatic N) is 1. The summed E-state index contributed by atoms with van der Waals surface area (Å²) >= 11 is 5.95. The second-order valence-corrected chi connectivity index (χ2v) is 6.23. The molecule has 1 rings (SSSR count). The van der Waals surface area contributed by atoms with Crippen LogP contribution in [0.4, 0.5) is 0 Å². The monoisotopic (exact) mass is 453 g/mol. The van der Waals surface area contributed by atoms with E-state index >= 15 is 0 Å². The van der Waals surface area contributed by atoms with Crippen LogP contribution >= 0.6 is 35.6 Å². The third-order valence-corrected chi connectivity index (χ3v) is 3.76. The van der Waals surface area contributed by atoms with Gasteiger partial charge in [-0.25, -0.2) is 0 Å². The third-order valence-electron chi connectivity index (χ3n) is 3.51. The van der Waals surface area contributed by atoms with E-state index in [9.17, 15) is 0 Å². The second-order valence-electron chi connectivity index (χ2n) is 5.79. The first-order valence-electron chi connectivity index (χ1n) is 7.78. The van der Waals surface area contributed by atoms with Crippen molar-refractivity contribution in [1.82, 2.24) is 10.6 Å². The van der Waals surface area contributed by atoms with E-state index in [1.54, 1.807) is 7.05 Å². The fraction of sp³-hybridized carbons (Fsp3) is 0.588. The molecule has 0 aliphatic heterocycles. The first kappa shape index (κ1) is 22.5. The highest BCUT2D eigenvalue weighted by atomic mass is 127. The molecule has 132 valence electrons. The molecule has 0 saturated heterocycles. The lowest BCUT2D eigenvalue weighted by Crippen LogP contribution is -2.43. The molecule has 0 radical (unpaired) electrons. The standard InChI is InChI=1S/C17H28ClN3O.HI/c1-5-22-12-6-11-20-16(19-4)21-13-17(2,3)14-7-9-15(18)10-8-14;/h7-10H,5-6,11-13H2,1-4H3,(H2,19,20,21);1H. The normalized spacial score (nSPS) is 11.8. The van der Waals surface area contributed by atoms with Gasteiger partial charge >= 0.3 is 0 Å². The van der Waals surface area contributed by atoms with Crippen LogP contribution in [0.5, 0.6) is 0 Å². The summed E-state index contributed by atoms with van der Waals surface area (Å²) in [6.45, 7) is 9.59. The summed E-state index contributed by atoms with van der Waals surface area (Å²) in [5.74, 6) is 0.818. The maximum atomic E-state index is 5.95. The van der Waals surface area contributed by atoms with Gasteiger partial charge in [0.15, 0.2) is 5.96 Å². The second kappa shape index (κ2) is 11.9. The molecule has 1 aromatic rings. The van der Waals surface area contributed by atoms with Gasteiger partial charge in [-0.15, -0.1) is 24.0 Å². The molecule has 6 heteroatoms. The number of ether oxygens (including phenoxy) is 1. The Hall–Kier alpha value is -0.530. The quantitative estimate of drug-likeness (QED) is 0.272. The van der Waals surface area contributed by atoms with Gasteiger partial charge in [-0.3, -0.25) is 4.99 Å². The topological polar surface area (TPSA) is 45.6 Å². The fourth-order valence-corrected chi connectivity index (χ4v) is 2.18. The summed E-state index contributed by atoms with van der Waals surface area (Å²) in [5, 5.41) is 7.44. The summed E-state index contributed by atoms with van der Waals surface area (Å²) in [5.41, 5.74) is 1.24. The highest BCUT2D eigenvalue weighted by molar-refractivity contribution is 14.0. The summed E-state index contributed by atoms with van der Waals surface area (Å²) in [7, 11) is 1.78. The molecular weight excluding hydrogens is 425 g/mol. The van der Waals surface area contributed by atoms with E-state index in [2.05, 4.69) is 41.6 Å². The Morgan fingerprint density at radius 1 is 1.22 bits per heavy atom. The van der Waals surface area contributed by atoms with Crippen LogP contribution in [-0.4, -0.2) is 39.3 Å². The Morgan fingerprint density at radius 3 is 2.43 bits per heavy atom. The highest BCUT2D eigenvalue weighted by Crippen LogP contribution is 2.23. The van der Waals surface area contributed by atoms with Gasteiger partial charge in [-0.05, 0) is 31.0 Å². The molecule has 0 aliphatic carbocycles. The minimum atomic E-state index is -0.00642. The molecule has 0 spiro atoms. The van der Waals surface area contributed by atoms with Crippen molar-refractivity contribution in [3.05, 3.63) is 34.9 Å². The minimum Gasteiger partial charge on any atom is -0.382 e. The first-order chi connectivity index (χ1) is 10.5. The van der Waals surface area contributed by atoms with Gasteiger partial charge in [0, 0.05) is 43.8 Å². The maximum absolute atomic E-state index is 5.95. The molecule has 0 fully saturated rings. The Balaban J connectivity index is 0.00000484. The number of halogens is 2. The van der Waals surface area contributed by atoms with Crippen LogP contribution in [0.2, 0.25) is 5.02 Å². The van der Waals surface area contributed by atoms with Crippen molar-refractivity contribution >= 4 is 41.5 Å². The van der Waals surface area contributed by atoms with Gasteiger partial charge in [0.1, 0.15) is 0 Å². The average molecular weight is 454 g/mol. The molecule has 2 N–H and O–H groups in total. The van der Waals surface area contributed by atoms with Crippen molar-refractivity contribution in [3.8, 4) is 0 Å². The molecule has 1 aromatic carbocycles. The molecule has 0 heterocycles. The molecule has 0 unspecified atom stereocenters. The Morgan fingerprint density at radius 2 is 1.87 bits per heavy atom. The Bertz CT molecular complexity index is 463. The summed E-state index contributed by atoms with van der Waals surface area (Å²) < 4.78 is 5.32. The van der Waals surface area contributed by atoms with Gasteiger partial charge in [-0.2, -0.15) is 0 Å². The van der Waals surface area contributed by atoms with Crippen LogP contribution in [0.15, 0.2) is 29.3 Å². The SMILES string of the molecule is CCOCCCNC(=NC)NCC(C)(C)c1ccc(Cl)cc1.I. The summed E-state index contributed by atoms with van der Waals surface area (Å²) in [6, 6.07) is 8.00. The summed E-state index contributed by atoms with van der Waals surface area (Å²) in [6.07, 6.45) is 0.967. The number of hydrogen-bond donors (Lipinski definition) is 2. The van der Waals surface area contributed by atoms with Crippen molar-refractivity contribution in [1.29, 1.82) is 0 Å². The zero-order chi connectivity index (χ0) is 16.4. The lowest BCUT2D eigenvalue weighted by molar-refractivity contribution is 0.145. The molecule has 0 saturated carbocycles. The van der Waals surface area contributed by atoms with Crippen molar-refractivity contribution in [2.75, 3.05) is 33.4 Å². The first-order valence-corrected chi connectivity index (χ1v) is 8.15. The van der Waals surface area contributed by atoms with Gasteiger partial charge < -0.3 is 15.4 Å². The molecular formula is C17H29ClIN3O. The Kier molecular flexibility index (Phi) is 11.6. The predicted octanol–water partition coefficient (Wildman–Crippen LogP) is 3.83. The lowest BCUT2D eigenvalue weighted by atomic mass is 9.85. The zero-order valence-corrected chi connectivity index (χ0v) is 17.6. The van der Waals surface area contributed by atoms with E-state index in [1.165, 1.54) is 5.56 Å². The zero-order valence-electron chi connectivity index (χ0n) is 14.5. The molecule has 0 amide bonds. The van der Waals surface area contributed by atoms with E-state index in [-0.39, 0.29) is 29.4 Å². The average Bonchev–Trinajstić information content (AvgIpc) is 2.50. The number of rotatable bonds is 8. The van der Waals surface area contributed by atoms with Crippen molar-refractivity contribution in [3.63, 3.8) is 0 Å². The van der Waals surface area contributed by atoms with Crippen LogP contribution in [0.3, 0.4) is 0 Å². The molecule has 0 aromatic heterocycles. The van der Waals surface area contributed by atoms with Crippen molar-refractivity contribution < 1.29 is 4.74 Å². The van der Waals surface area contributed by atoms with Gasteiger partial charge in [0.25, 0.3) is 0 Å². The Labute approximate surface area is 162 Å². The van der Waals surface area contributed by atoms with Gasteiger partial charge in [-0.1, -0.05) is 37.6 Å². The number of nitrogens with one attached hydrogen (secondary N) is 2. The van der Waals surface area contributed by atoms with Crippen molar-refractivity contribution in [2.45, 2.75) is 32.6 Å². The van der Waals surface area contributed by atoms with E-state index in [0.29, 0.717) is 0 Å². The maximum Gasteiger partial charge on any atom is 0.191 e. The molecule has 0 aliphatic rings. The van der Waals surface area contributed by atoms with E-state index in [1.807, 2.05) is 19.1 Å². The van der Waals surface area contributed by atoms with Crippen LogP contribution < -0.4 is 10.6 Å². The summed E-state index contributed by atoms with van der Waals surface area (Å²) in [4.78, 5) is 4.25. The smallest absolute Gasteiger partial charge is 0.191 e. The van der Waals surface area contributed by atoms with E-state index < -0.39 is 0 Å². The van der Waals surface area contributed by atoms with Crippen LogP contribution in [-0.2, 0) is 10.2 Å². The lowest BCUT2D eigenvalue weighted by Gasteiger charge is -2.27. The van der Waals surface area contributed by atoms with Crippen LogP contribution in [0.1, 0.15) is 32.8 Å². The number of guanidine groups is 1. The molecule has 0 atom stereocenters. The third kappa shape index (κ3) is 8.77. The van der Waals surface area contributed by atoms with Crippen LogP contribution in [0.25, 0.3) is 0 Å². The van der Waals surface area contributed by atoms with E-state index in [0.717, 1.165) is 43.7 Å². The number of hydrogen-bond acceptors (Lipinski definition) is 2. The predicted molar refractivity (Wildman–Crippen MR) is 110 cm³/mol. The largest absolute Gasteiger partial charge is 0.382 e. The van der Waals surface area contributed by atoms with Crippen LogP contribution in [0, 0.1) is 0 Å². The van der Waals surface area contributed by atoms with E-state index in [4.69, 9.17) is 16.3 Å². The fourth-order valence-electron chi connectivity index (χ4n) is 2.05. The van der Waals surface area contributed by atoms with Gasteiger partial charge in [0.2, 0.25) is 0 Å². The molecule has 23 heavy (non-hydrogen) atoms. The number of benzene rings is 1. The highest BCUT2D eigenvalue weighted by Gasteiger charge is 2.20. The minimum absolute atomic E-state index is 0. The number of aliphatic imine (C=N–C) groups is 1. The van der Waals surface area contributed by atoms with Crippen molar-refractivity contribution in [2.24, 2.45) is 4.99 Å². The molecule has 4 nitrogen and oxygen atoms in total.